The molecule has 5 rings (SSSR count). The molecule has 37 heavy (non-hydrogen) atoms. The molecule has 0 radical (unpaired) electrons. The Labute approximate surface area is 217 Å². The maximum absolute atomic E-state index is 12.6. The molecule has 2 N–H and O–H groups in total. The molecule has 0 spiro atoms. The van der Waals surface area contributed by atoms with Gasteiger partial charge in [0.1, 0.15) is 0 Å². The molecule has 1 heterocycles. The first-order valence-electron chi connectivity index (χ1n) is 12.9. The predicted octanol–water partition coefficient (Wildman–Crippen LogP) is 5.50. The summed E-state index contributed by atoms with van der Waals surface area (Å²) >= 11 is 0. The first-order valence-corrected chi connectivity index (χ1v) is 12.9. The molecule has 1 aliphatic heterocycles. The van der Waals surface area contributed by atoms with Gasteiger partial charge in [-0.05, 0) is 53.1 Å². The fourth-order valence-corrected chi connectivity index (χ4v) is 4.96. The lowest BCUT2D eigenvalue weighted by Crippen LogP contribution is -2.41. The summed E-state index contributed by atoms with van der Waals surface area (Å²) in [6, 6.07) is 31.8. The van der Waals surface area contributed by atoms with Crippen molar-refractivity contribution < 1.29 is 14.3 Å². The predicted molar refractivity (Wildman–Crippen MR) is 147 cm³/mol. The van der Waals surface area contributed by atoms with Crippen molar-refractivity contribution in [2.24, 2.45) is 0 Å². The Kier molecular flexibility index (Phi) is 8.04. The number of benzene rings is 4. The van der Waals surface area contributed by atoms with Gasteiger partial charge in [-0.25, -0.2) is 0 Å². The molecule has 188 valence electrons. The van der Waals surface area contributed by atoms with Crippen molar-refractivity contribution in [1.29, 1.82) is 0 Å². The molecular formula is C32H32N2O3. The van der Waals surface area contributed by atoms with Gasteiger partial charge in [-0.2, -0.15) is 0 Å². The first kappa shape index (κ1) is 24.9. The largest absolute Gasteiger partial charge is 0.372 e. The first-order chi connectivity index (χ1) is 18.2. The Bertz CT molecular complexity index is 1350. The Hall–Kier alpha value is -3.80. The van der Waals surface area contributed by atoms with Crippen LogP contribution in [0.4, 0.5) is 0 Å². The highest BCUT2D eigenvalue weighted by Gasteiger charge is 2.27. The van der Waals surface area contributed by atoms with Crippen LogP contribution in [0.2, 0.25) is 0 Å². The molecule has 1 amide bonds. The van der Waals surface area contributed by atoms with Crippen molar-refractivity contribution in [3.63, 3.8) is 0 Å². The summed E-state index contributed by atoms with van der Waals surface area (Å²) in [5, 5.41) is 8.78. The van der Waals surface area contributed by atoms with Gasteiger partial charge >= 0.3 is 0 Å². The van der Waals surface area contributed by atoms with Gasteiger partial charge in [0, 0.05) is 36.6 Å². The number of fused-ring (bicyclic) bond motifs is 1. The molecule has 1 aliphatic rings. The van der Waals surface area contributed by atoms with Gasteiger partial charge in [0.15, 0.2) is 5.78 Å². The number of ether oxygens (including phenoxy) is 1. The number of amides is 1. The van der Waals surface area contributed by atoms with Crippen LogP contribution in [0.25, 0.3) is 10.8 Å². The lowest BCUT2D eigenvalue weighted by atomic mass is 9.87. The lowest BCUT2D eigenvalue weighted by molar-refractivity contribution is 0.0106. The van der Waals surface area contributed by atoms with E-state index >= 15 is 0 Å². The van der Waals surface area contributed by atoms with Gasteiger partial charge in [-0.15, -0.1) is 0 Å². The zero-order chi connectivity index (χ0) is 25.5. The van der Waals surface area contributed by atoms with E-state index in [1.165, 1.54) is 21.9 Å². The summed E-state index contributed by atoms with van der Waals surface area (Å²) in [7, 11) is 0. The lowest BCUT2D eigenvalue weighted by Gasteiger charge is -2.32. The van der Waals surface area contributed by atoms with Crippen LogP contribution in [0.1, 0.15) is 50.6 Å². The molecule has 4 aromatic rings. The van der Waals surface area contributed by atoms with Crippen molar-refractivity contribution in [3.8, 4) is 0 Å². The maximum Gasteiger partial charge on any atom is 0.251 e. The SMILES string of the molecule is O=C(CCNC(=O)c1ccc(C2CCNCC2OCc2ccc3ccccc3c2)cc1)c1ccccc1. The smallest absolute Gasteiger partial charge is 0.251 e. The number of rotatable bonds is 9. The van der Waals surface area contributed by atoms with E-state index < -0.39 is 0 Å². The Morgan fingerprint density at radius 2 is 1.59 bits per heavy atom. The molecule has 0 aliphatic carbocycles. The second-order valence-electron chi connectivity index (χ2n) is 9.55. The van der Waals surface area contributed by atoms with E-state index in [1.807, 2.05) is 42.5 Å². The van der Waals surface area contributed by atoms with Gasteiger partial charge in [0.2, 0.25) is 0 Å². The summed E-state index contributed by atoms with van der Waals surface area (Å²) < 4.78 is 6.40. The average Bonchev–Trinajstić information content (AvgIpc) is 2.96. The average molecular weight is 493 g/mol. The Balaban J connectivity index is 1.16. The molecule has 5 heteroatoms. The number of nitrogens with one attached hydrogen (secondary N) is 2. The van der Waals surface area contributed by atoms with E-state index in [-0.39, 0.29) is 30.1 Å². The van der Waals surface area contributed by atoms with Crippen LogP contribution < -0.4 is 10.6 Å². The zero-order valence-corrected chi connectivity index (χ0v) is 20.9. The van der Waals surface area contributed by atoms with Crippen LogP contribution in [-0.4, -0.2) is 37.4 Å². The summed E-state index contributed by atoms with van der Waals surface area (Å²) in [6.45, 7) is 2.62. The highest BCUT2D eigenvalue weighted by atomic mass is 16.5. The molecule has 2 atom stereocenters. The Morgan fingerprint density at radius 1 is 0.838 bits per heavy atom. The maximum atomic E-state index is 12.6. The number of Topliss-reactive ketones (excluding diaryl/α,β-unsaturated/α-hetero) is 1. The van der Waals surface area contributed by atoms with Gasteiger partial charge < -0.3 is 15.4 Å². The topological polar surface area (TPSA) is 67.4 Å². The number of carbonyl (C=O) groups excluding carboxylic acids is 2. The van der Waals surface area contributed by atoms with Crippen molar-refractivity contribution >= 4 is 22.5 Å². The van der Waals surface area contributed by atoms with Crippen molar-refractivity contribution in [2.75, 3.05) is 19.6 Å². The minimum atomic E-state index is -0.165. The molecule has 0 saturated carbocycles. The highest BCUT2D eigenvalue weighted by Crippen LogP contribution is 2.29. The molecule has 0 aromatic heterocycles. The zero-order valence-electron chi connectivity index (χ0n) is 20.9. The van der Waals surface area contributed by atoms with Gasteiger partial charge in [-0.1, -0.05) is 78.9 Å². The van der Waals surface area contributed by atoms with Crippen molar-refractivity contribution in [2.45, 2.75) is 31.5 Å². The number of hydrogen-bond acceptors (Lipinski definition) is 4. The monoisotopic (exact) mass is 492 g/mol. The summed E-state index contributed by atoms with van der Waals surface area (Å²) in [4.78, 5) is 24.9. The third kappa shape index (κ3) is 6.31. The van der Waals surface area contributed by atoms with Crippen LogP contribution >= 0.6 is 0 Å². The van der Waals surface area contributed by atoms with Crippen molar-refractivity contribution in [1.82, 2.24) is 10.6 Å². The van der Waals surface area contributed by atoms with Crippen LogP contribution in [0.3, 0.4) is 0 Å². The van der Waals surface area contributed by atoms with Gasteiger partial charge in [-0.3, -0.25) is 9.59 Å². The third-order valence-electron chi connectivity index (χ3n) is 7.04. The highest BCUT2D eigenvalue weighted by molar-refractivity contribution is 5.97. The minimum absolute atomic E-state index is 0.0249. The van der Waals surface area contributed by atoms with E-state index in [0.29, 0.717) is 24.3 Å². The van der Waals surface area contributed by atoms with E-state index in [9.17, 15) is 9.59 Å². The summed E-state index contributed by atoms with van der Waals surface area (Å²) in [6.07, 6.45) is 1.32. The van der Waals surface area contributed by atoms with E-state index in [2.05, 4.69) is 53.1 Å². The molecule has 1 fully saturated rings. The molecule has 5 nitrogen and oxygen atoms in total. The minimum Gasteiger partial charge on any atom is -0.372 e. The Morgan fingerprint density at radius 3 is 2.41 bits per heavy atom. The fourth-order valence-electron chi connectivity index (χ4n) is 4.96. The number of carbonyl (C=O) groups is 2. The number of ketones is 1. The molecule has 0 bridgehead atoms. The molecule has 4 aromatic carbocycles. The normalized spacial score (nSPS) is 17.4. The second kappa shape index (κ2) is 12.0. The standard InChI is InChI=1S/C32H32N2O3/c35-30(26-7-2-1-3-8-26)17-19-34-32(36)27-14-12-25(13-15-27)29-16-18-33-21-31(29)37-22-23-10-11-24-6-4-5-9-28(24)20-23/h1-15,20,29,31,33H,16-19,21-22H2,(H,34,36). The summed E-state index contributed by atoms with van der Waals surface area (Å²) in [5.74, 6) is 0.126. The van der Waals surface area contributed by atoms with Gasteiger partial charge in [0.25, 0.3) is 5.91 Å². The van der Waals surface area contributed by atoms with Crippen LogP contribution in [-0.2, 0) is 11.3 Å². The van der Waals surface area contributed by atoms with Crippen LogP contribution in [0, 0.1) is 0 Å². The number of hydrogen-bond donors (Lipinski definition) is 2. The molecule has 2 unspecified atom stereocenters. The summed E-state index contributed by atoms with van der Waals surface area (Å²) in [5.41, 5.74) is 3.61. The molecule has 1 saturated heterocycles. The van der Waals surface area contributed by atoms with E-state index in [0.717, 1.165) is 19.5 Å². The quantitative estimate of drug-likeness (QED) is 0.303. The van der Waals surface area contributed by atoms with Gasteiger partial charge in [0.05, 0.1) is 12.7 Å². The van der Waals surface area contributed by atoms with Crippen LogP contribution in [0.15, 0.2) is 97.1 Å². The van der Waals surface area contributed by atoms with Crippen molar-refractivity contribution in [3.05, 3.63) is 119 Å². The van der Waals surface area contributed by atoms with E-state index in [4.69, 9.17) is 4.74 Å². The third-order valence-corrected chi connectivity index (χ3v) is 7.04. The van der Waals surface area contributed by atoms with E-state index in [1.54, 1.807) is 12.1 Å². The second-order valence-corrected chi connectivity index (χ2v) is 9.55. The number of piperidine rings is 1. The molecular weight excluding hydrogens is 460 g/mol. The van der Waals surface area contributed by atoms with Crippen LogP contribution in [0.5, 0.6) is 0 Å². The fraction of sp³-hybridized carbons (Fsp3) is 0.250.